The molecule has 1 aliphatic heterocycles. The molecular weight excluding hydrogens is 240 g/mol. The molecule has 17 heavy (non-hydrogen) atoms. The smallest absolute Gasteiger partial charge is 0.240 e. The van der Waals surface area contributed by atoms with Crippen LogP contribution in [-0.4, -0.2) is 34.7 Å². The summed E-state index contributed by atoms with van der Waals surface area (Å²) in [5.41, 5.74) is 5.65. The van der Waals surface area contributed by atoms with Crippen LogP contribution in [0, 0.1) is 5.92 Å². The molecule has 98 valence electrons. The van der Waals surface area contributed by atoms with Crippen LogP contribution in [0.25, 0.3) is 0 Å². The predicted octanol–water partition coefficient (Wildman–Crippen LogP) is 1.22. The molecular formula is C11H21ClN4O. The van der Waals surface area contributed by atoms with Gasteiger partial charge in [0.1, 0.15) is 0 Å². The highest BCUT2D eigenvalue weighted by Crippen LogP contribution is 2.16. The molecule has 1 aliphatic rings. The number of halogens is 1. The number of likely N-dealkylation sites (tertiary alicyclic amines) is 1. The van der Waals surface area contributed by atoms with E-state index >= 15 is 0 Å². The summed E-state index contributed by atoms with van der Waals surface area (Å²) in [4.78, 5) is 6.70. The first-order chi connectivity index (χ1) is 7.81. The first-order valence-electron chi connectivity index (χ1n) is 6.05. The summed E-state index contributed by atoms with van der Waals surface area (Å²) in [7, 11) is 0. The third-order valence-corrected chi connectivity index (χ3v) is 3.05. The van der Waals surface area contributed by atoms with Crippen molar-refractivity contribution >= 4 is 12.4 Å². The molecule has 1 saturated heterocycles. The zero-order chi connectivity index (χ0) is 11.4. The molecule has 1 unspecified atom stereocenters. The van der Waals surface area contributed by atoms with E-state index in [-0.39, 0.29) is 12.4 Å². The van der Waals surface area contributed by atoms with Gasteiger partial charge in [0.05, 0.1) is 6.54 Å². The monoisotopic (exact) mass is 260 g/mol. The van der Waals surface area contributed by atoms with E-state index in [1.165, 1.54) is 6.42 Å². The van der Waals surface area contributed by atoms with Gasteiger partial charge in [0.15, 0.2) is 5.82 Å². The fraction of sp³-hybridized carbons (Fsp3) is 0.818. The average Bonchev–Trinajstić information content (AvgIpc) is 2.89. The van der Waals surface area contributed by atoms with Crippen molar-refractivity contribution in [3.05, 3.63) is 11.7 Å². The van der Waals surface area contributed by atoms with E-state index in [1.807, 2.05) is 0 Å². The van der Waals surface area contributed by atoms with Crippen molar-refractivity contribution in [1.29, 1.82) is 0 Å². The van der Waals surface area contributed by atoms with Crippen molar-refractivity contribution in [1.82, 2.24) is 15.0 Å². The maximum atomic E-state index is 5.65. The Morgan fingerprint density at radius 1 is 1.53 bits per heavy atom. The van der Waals surface area contributed by atoms with E-state index in [1.54, 1.807) is 0 Å². The molecule has 0 bridgehead atoms. The highest BCUT2D eigenvalue weighted by Gasteiger charge is 2.22. The predicted molar refractivity (Wildman–Crippen MR) is 68.0 cm³/mol. The lowest BCUT2D eigenvalue weighted by Gasteiger charge is -2.11. The van der Waals surface area contributed by atoms with Crippen LogP contribution < -0.4 is 5.73 Å². The highest BCUT2D eigenvalue weighted by atomic mass is 35.5. The fourth-order valence-electron chi connectivity index (χ4n) is 2.12. The average molecular weight is 261 g/mol. The molecule has 2 N–H and O–H groups in total. The molecule has 0 aliphatic carbocycles. The summed E-state index contributed by atoms with van der Waals surface area (Å²) in [6.45, 7) is 5.81. The molecule has 5 nitrogen and oxygen atoms in total. The third-order valence-electron chi connectivity index (χ3n) is 3.05. The first-order valence-corrected chi connectivity index (χ1v) is 6.05. The van der Waals surface area contributed by atoms with Crippen molar-refractivity contribution in [3.63, 3.8) is 0 Å². The standard InChI is InChI=1S/C11H20N4O.ClH/c1-2-3-10-13-11(16-14-10)8-15-5-4-9(6-12)7-15;/h9H,2-8,12H2,1H3;1H. The Morgan fingerprint density at radius 3 is 3.00 bits per heavy atom. The fourth-order valence-corrected chi connectivity index (χ4v) is 2.12. The molecule has 0 aromatic carbocycles. The minimum absolute atomic E-state index is 0. The third kappa shape index (κ3) is 3.94. The van der Waals surface area contributed by atoms with Crippen molar-refractivity contribution < 1.29 is 4.52 Å². The van der Waals surface area contributed by atoms with Gasteiger partial charge in [-0.3, -0.25) is 4.90 Å². The molecule has 1 aromatic heterocycles. The Labute approximate surface area is 108 Å². The van der Waals surface area contributed by atoms with E-state index in [2.05, 4.69) is 22.0 Å². The number of nitrogens with zero attached hydrogens (tertiary/aromatic N) is 3. The SMILES string of the molecule is CCCc1noc(CN2CCC(CN)C2)n1.Cl. The molecule has 2 rings (SSSR count). The van der Waals surface area contributed by atoms with Crippen LogP contribution in [0.15, 0.2) is 4.52 Å². The molecule has 0 saturated carbocycles. The van der Waals surface area contributed by atoms with Gasteiger partial charge in [-0.2, -0.15) is 4.98 Å². The van der Waals surface area contributed by atoms with Crippen LogP contribution in [-0.2, 0) is 13.0 Å². The van der Waals surface area contributed by atoms with Gasteiger partial charge in [-0.1, -0.05) is 12.1 Å². The molecule has 1 aromatic rings. The summed E-state index contributed by atoms with van der Waals surface area (Å²) < 4.78 is 5.21. The Bertz CT molecular complexity index is 331. The van der Waals surface area contributed by atoms with Gasteiger partial charge >= 0.3 is 0 Å². The Kier molecular flexibility index (Phi) is 5.88. The van der Waals surface area contributed by atoms with Crippen molar-refractivity contribution in [2.45, 2.75) is 32.7 Å². The largest absolute Gasteiger partial charge is 0.338 e. The van der Waals surface area contributed by atoms with Gasteiger partial charge < -0.3 is 10.3 Å². The Morgan fingerprint density at radius 2 is 2.35 bits per heavy atom. The summed E-state index contributed by atoms with van der Waals surface area (Å²) in [5.74, 6) is 2.20. The lowest BCUT2D eigenvalue weighted by molar-refractivity contribution is 0.260. The Hall–Kier alpha value is -0.650. The normalized spacial score (nSPS) is 20.5. The van der Waals surface area contributed by atoms with Crippen LogP contribution in [0.4, 0.5) is 0 Å². The molecule has 2 heterocycles. The van der Waals surface area contributed by atoms with Crippen LogP contribution in [0.5, 0.6) is 0 Å². The van der Waals surface area contributed by atoms with Crippen LogP contribution in [0.3, 0.4) is 0 Å². The molecule has 0 amide bonds. The van der Waals surface area contributed by atoms with Gasteiger partial charge in [0.25, 0.3) is 0 Å². The van der Waals surface area contributed by atoms with E-state index in [9.17, 15) is 0 Å². The minimum Gasteiger partial charge on any atom is -0.338 e. The number of nitrogens with two attached hydrogens (primary N) is 1. The van der Waals surface area contributed by atoms with E-state index in [0.29, 0.717) is 5.92 Å². The van der Waals surface area contributed by atoms with E-state index in [4.69, 9.17) is 10.3 Å². The van der Waals surface area contributed by atoms with Crippen LogP contribution in [0.1, 0.15) is 31.5 Å². The van der Waals surface area contributed by atoms with Crippen molar-refractivity contribution in [2.24, 2.45) is 11.7 Å². The second-order valence-corrected chi connectivity index (χ2v) is 4.48. The molecule has 0 spiro atoms. The minimum atomic E-state index is 0. The number of aromatic nitrogens is 2. The first kappa shape index (κ1) is 14.4. The summed E-state index contributed by atoms with van der Waals surface area (Å²) >= 11 is 0. The zero-order valence-electron chi connectivity index (χ0n) is 10.3. The van der Waals surface area contributed by atoms with Crippen LogP contribution in [0.2, 0.25) is 0 Å². The lowest BCUT2D eigenvalue weighted by Crippen LogP contribution is -2.22. The van der Waals surface area contributed by atoms with Gasteiger partial charge in [0.2, 0.25) is 5.89 Å². The summed E-state index contributed by atoms with van der Waals surface area (Å²) in [6, 6.07) is 0. The molecule has 0 radical (unpaired) electrons. The second-order valence-electron chi connectivity index (χ2n) is 4.48. The van der Waals surface area contributed by atoms with E-state index in [0.717, 1.165) is 50.7 Å². The topological polar surface area (TPSA) is 68.2 Å². The summed E-state index contributed by atoms with van der Waals surface area (Å²) in [6.07, 6.45) is 3.14. The van der Waals surface area contributed by atoms with E-state index < -0.39 is 0 Å². The molecule has 6 heteroatoms. The highest BCUT2D eigenvalue weighted by molar-refractivity contribution is 5.85. The number of hydrogen-bond acceptors (Lipinski definition) is 5. The van der Waals surface area contributed by atoms with Gasteiger partial charge in [-0.15, -0.1) is 12.4 Å². The van der Waals surface area contributed by atoms with Crippen molar-refractivity contribution in [2.75, 3.05) is 19.6 Å². The maximum Gasteiger partial charge on any atom is 0.240 e. The van der Waals surface area contributed by atoms with Crippen LogP contribution >= 0.6 is 12.4 Å². The van der Waals surface area contributed by atoms with Gasteiger partial charge in [-0.25, -0.2) is 0 Å². The maximum absolute atomic E-state index is 5.65. The van der Waals surface area contributed by atoms with Gasteiger partial charge in [-0.05, 0) is 31.8 Å². The number of hydrogen-bond donors (Lipinski definition) is 1. The zero-order valence-corrected chi connectivity index (χ0v) is 11.1. The number of aryl methyl sites for hydroxylation is 1. The Balaban J connectivity index is 0.00000144. The summed E-state index contributed by atoms with van der Waals surface area (Å²) in [5, 5.41) is 3.95. The quantitative estimate of drug-likeness (QED) is 0.862. The van der Waals surface area contributed by atoms with Crippen molar-refractivity contribution in [3.8, 4) is 0 Å². The second kappa shape index (κ2) is 6.93. The van der Waals surface area contributed by atoms with Gasteiger partial charge in [0, 0.05) is 13.0 Å². The lowest BCUT2D eigenvalue weighted by atomic mass is 10.1. The molecule has 1 fully saturated rings. The molecule has 1 atom stereocenters. The number of rotatable bonds is 5.